The van der Waals surface area contributed by atoms with Crippen LogP contribution in [0.1, 0.15) is 54.8 Å². The van der Waals surface area contributed by atoms with Crippen LogP contribution in [0.4, 0.5) is 0 Å². The van der Waals surface area contributed by atoms with Crippen LogP contribution in [0.5, 0.6) is 0 Å². The number of nitrogens with one attached hydrogen (secondary N) is 1. The van der Waals surface area contributed by atoms with Crippen molar-refractivity contribution in [1.82, 2.24) is 5.32 Å². The normalized spacial score (nSPS) is 12.4. The molecule has 0 aliphatic heterocycles. The molecular formula is C30H32N2O4. The highest BCUT2D eigenvalue weighted by Gasteiger charge is 2.26. The number of benzene rings is 3. The van der Waals surface area contributed by atoms with Crippen molar-refractivity contribution in [3.05, 3.63) is 95.6 Å². The first-order valence-corrected chi connectivity index (χ1v) is 12.2. The molecule has 1 unspecified atom stereocenters. The minimum Gasteiger partial charge on any atom is -0.462 e. The van der Waals surface area contributed by atoms with Crippen molar-refractivity contribution in [1.29, 1.82) is 5.26 Å². The molecule has 0 aromatic heterocycles. The smallest absolute Gasteiger partial charge is 0.338 e. The molecule has 186 valence electrons. The molecule has 1 N–H and O–H groups in total. The molecule has 2 atom stereocenters. The fourth-order valence-corrected chi connectivity index (χ4v) is 3.90. The summed E-state index contributed by atoms with van der Waals surface area (Å²) in [7, 11) is 0. The Balaban J connectivity index is 1.87. The second kappa shape index (κ2) is 13.2. The van der Waals surface area contributed by atoms with E-state index in [4.69, 9.17) is 14.7 Å². The summed E-state index contributed by atoms with van der Waals surface area (Å²) in [5.41, 5.74) is 4.33. The number of esters is 1. The van der Waals surface area contributed by atoms with Gasteiger partial charge >= 0.3 is 5.97 Å². The standard InChI is InChI=1S/C30H32N2O4/c1-4-35-30(34)26-16-12-23(13-17-26)22-10-14-25(15-11-22)28(24-8-6-5-7-9-24)36-27(20-21(2)3)29(33)32-19-18-31/h5-17,21,27-28H,4,19-20H2,1-3H3,(H,32,33)/t27-,28?/m0/s1. The van der Waals surface area contributed by atoms with E-state index in [9.17, 15) is 9.59 Å². The van der Waals surface area contributed by atoms with Crippen LogP contribution in [0.3, 0.4) is 0 Å². The summed E-state index contributed by atoms with van der Waals surface area (Å²) >= 11 is 0. The van der Waals surface area contributed by atoms with Crippen LogP contribution in [0.25, 0.3) is 11.1 Å². The number of hydrogen-bond acceptors (Lipinski definition) is 5. The van der Waals surface area contributed by atoms with Crippen LogP contribution in [-0.2, 0) is 14.3 Å². The molecule has 0 spiro atoms. The molecule has 1 amide bonds. The van der Waals surface area contributed by atoms with Crippen LogP contribution >= 0.6 is 0 Å². The van der Waals surface area contributed by atoms with E-state index < -0.39 is 12.2 Å². The van der Waals surface area contributed by atoms with Gasteiger partial charge in [0.15, 0.2) is 0 Å². The minimum absolute atomic E-state index is 0.0591. The van der Waals surface area contributed by atoms with Gasteiger partial charge < -0.3 is 14.8 Å². The summed E-state index contributed by atoms with van der Waals surface area (Å²) in [6.07, 6.45) is -0.618. The quantitative estimate of drug-likeness (QED) is 0.279. The van der Waals surface area contributed by atoms with Crippen molar-refractivity contribution >= 4 is 11.9 Å². The van der Waals surface area contributed by atoms with Gasteiger partial charge in [-0.25, -0.2) is 4.79 Å². The highest BCUT2D eigenvalue weighted by atomic mass is 16.5. The maximum Gasteiger partial charge on any atom is 0.338 e. The predicted octanol–water partition coefficient (Wildman–Crippen LogP) is 5.69. The van der Waals surface area contributed by atoms with Gasteiger partial charge in [0.1, 0.15) is 18.8 Å². The Morgan fingerprint density at radius 3 is 2.03 bits per heavy atom. The first kappa shape index (κ1) is 26.7. The number of amides is 1. The second-order valence-corrected chi connectivity index (χ2v) is 8.84. The molecule has 3 aromatic carbocycles. The Hall–Kier alpha value is -3.95. The average Bonchev–Trinajstić information content (AvgIpc) is 2.90. The topological polar surface area (TPSA) is 88.4 Å². The first-order valence-electron chi connectivity index (χ1n) is 12.2. The maximum atomic E-state index is 12.8. The third kappa shape index (κ3) is 7.27. The minimum atomic E-state index is -0.696. The molecule has 0 aliphatic rings. The van der Waals surface area contributed by atoms with E-state index in [1.165, 1.54) is 0 Å². The molecule has 3 rings (SSSR count). The van der Waals surface area contributed by atoms with Gasteiger partial charge in [-0.2, -0.15) is 5.26 Å². The Morgan fingerprint density at radius 1 is 0.889 bits per heavy atom. The Kier molecular flexibility index (Phi) is 9.79. The summed E-state index contributed by atoms with van der Waals surface area (Å²) in [4.78, 5) is 24.7. The number of hydrogen-bond donors (Lipinski definition) is 1. The zero-order valence-electron chi connectivity index (χ0n) is 20.9. The van der Waals surface area contributed by atoms with Crippen LogP contribution in [0.2, 0.25) is 0 Å². The fourth-order valence-electron chi connectivity index (χ4n) is 3.90. The lowest BCUT2D eigenvalue weighted by Crippen LogP contribution is -2.38. The van der Waals surface area contributed by atoms with Gasteiger partial charge in [0.25, 0.3) is 0 Å². The van der Waals surface area contributed by atoms with Crippen molar-refractivity contribution in [2.45, 2.75) is 39.4 Å². The summed E-state index contributed by atoms with van der Waals surface area (Å²) < 4.78 is 11.5. The lowest BCUT2D eigenvalue weighted by atomic mass is 9.97. The largest absolute Gasteiger partial charge is 0.462 e. The van der Waals surface area contributed by atoms with Gasteiger partial charge in [0.05, 0.1) is 18.2 Å². The molecule has 0 saturated heterocycles. The average molecular weight is 485 g/mol. The lowest BCUT2D eigenvalue weighted by Gasteiger charge is -2.26. The van der Waals surface area contributed by atoms with Crippen LogP contribution < -0.4 is 5.32 Å². The number of carbonyl (C=O) groups is 2. The zero-order chi connectivity index (χ0) is 25.9. The van der Waals surface area contributed by atoms with Gasteiger partial charge in [-0.3, -0.25) is 4.79 Å². The van der Waals surface area contributed by atoms with E-state index in [-0.39, 0.29) is 24.3 Å². The van der Waals surface area contributed by atoms with Crippen molar-refractivity contribution < 1.29 is 19.1 Å². The summed E-state index contributed by atoms with van der Waals surface area (Å²) in [5.74, 6) is -0.388. The summed E-state index contributed by atoms with van der Waals surface area (Å²) in [6, 6.07) is 27.0. The third-order valence-corrected chi connectivity index (χ3v) is 5.67. The summed E-state index contributed by atoms with van der Waals surface area (Å²) in [6.45, 7) is 6.13. The van der Waals surface area contributed by atoms with Gasteiger partial charge in [-0.05, 0) is 53.6 Å². The van der Waals surface area contributed by atoms with Crippen LogP contribution in [0, 0.1) is 17.2 Å². The molecule has 3 aromatic rings. The van der Waals surface area contributed by atoms with Crippen molar-refractivity contribution in [2.24, 2.45) is 5.92 Å². The maximum absolute atomic E-state index is 12.8. The summed E-state index contributed by atoms with van der Waals surface area (Å²) in [5, 5.41) is 11.5. The first-order chi connectivity index (χ1) is 17.4. The molecule has 6 heteroatoms. The van der Waals surface area contributed by atoms with E-state index in [1.54, 1.807) is 19.1 Å². The third-order valence-electron chi connectivity index (χ3n) is 5.67. The van der Waals surface area contributed by atoms with Gasteiger partial charge in [0, 0.05) is 0 Å². The molecule has 0 heterocycles. The molecule has 0 aliphatic carbocycles. The van der Waals surface area contributed by atoms with E-state index in [1.807, 2.05) is 86.6 Å². The van der Waals surface area contributed by atoms with E-state index in [0.29, 0.717) is 18.6 Å². The molecule has 0 saturated carbocycles. The van der Waals surface area contributed by atoms with Crippen LogP contribution in [-0.4, -0.2) is 31.1 Å². The Labute approximate surface area is 212 Å². The van der Waals surface area contributed by atoms with E-state index in [2.05, 4.69) is 5.32 Å². The van der Waals surface area contributed by atoms with Gasteiger partial charge in [-0.15, -0.1) is 0 Å². The Bertz CT molecular complexity index is 1170. The van der Waals surface area contributed by atoms with Crippen molar-refractivity contribution in [2.75, 3.05) is 13.2 Å². The number of rotatable bonds is 11. The fraction of sp³-hybridized carbons (Fsp3) is 0.300. The van der Waals surface area contributed by atoms with E-state index in [0.717, 1.165) is 22.3 Å². The monoisotopic (exact) mass is 484 g/mol. The van der Waals surface area contributed by atoms with Crippen molar-refractivity contribution in [3.8, 4) is 17.2 Å². The highest BCUT2D eigenvalue weighted by molar-refractivity contribution is 5.90. The van der Waals surface area contributed by atoms with E-state index >= 15 is 0 Å². The number of ether oxygens (including phenoxy) is 2. The van der Waals surface area contributed by atoms with Crippen molar-refractivity contribution in [3.63, 3.8) is 0 Å². The molecule has 0 radical (unpaired) electrons. The van der Waals surface area contributed by atoms with Gasteiger partial charge in [-0.1, -0.05) is 80.6 Å². The molecule has 6 nitrogen and oxygen atoms in total. The molecular weight excluding hydrogens is 452 g/mol. The Morgan fingerprint density at radius 2 is 1.47 bits per heavy atom. The second-order valence-electron chi connectivity index (χ2n) is 8.84. The predicted molar refractivity (Wildman–Crippen MR) is 139 cm³/mol. The number of carbonyl (C=O) groups excluding carboxylic acids is 2. The highest BCUT2D eigenvalue weighted by Crippen LogP contribution is 2.31. The van der Waals surface area contributed by atoms with Gasteiger partial charge in [0.2, 0.25) is 5.91 Å². The number of nitrogens with zero attached hydrogens (tertiary/aromatic N) is 1. The molecule has 0 fully saturated rings. The van der Waals surface area contributed by atoms with Crippen LogP contribution in [0.15, 0.2) is 78.9 Å². The number of nitriles is 1. The SMILES string of the molecule is CCOC(=O)c1ccc(-c2ccc(C(O[C@@H](CC(C)C)C(=O)NCC#N)c3ccccc3)cc2)cc1. The molecule has 0 bridgehead atoms. The lowest BCUT2D eigenvalue weighted by molar-refractivity contribution is -0.136. The zero-order valence-corrected chi connectivity index (χ0v) is 20.9. The molecule has 36 heavy (non-hydrogen) atoms.